The highest BCUT2D eigenvalue weighted by molar-refractivity contribution is 6.04. The first-order chi connectivity index (χ1) is 7.27. The Labute approximate surface area is 87.7 Å². The fraction of sp³-hybridized carbons (Fsp3) is 0.273. The quantitative estimate of drug-likeness (QED) is 0.540. The van der Waals surface area contributed by atoms with Crippen molar-refractivity contribution in [1.29, 1.82) is 0 Å². The van der Waals surface area contributed by atoms with Crippen LogP contribution >= 0.6 is 0 Å². The molecule has 78 valence electrons. The van der Waals surface area contributed by atoms with Crippen LogP contribution in [0.4, 0.5) is 0 Å². The highest BCUT2D eigenvalue weighted by atomic mass is 16.2. The van der Waals surface area contributed by atoms with E-state index in [0.29, 0.717) is 13.1 Å². The van der Waals surface area contributed by atoms with E-state index in [4.69, 9.17) is 0 Å². The summed E-state index contributed by atoms with van der Waals surface area (Å²) in [7, 11) is 0. The average molecular weight is 204 g/mol. The number of carbonyl (C=O) groups excluding carboxylic acids is 2. The normalized spacial score (nSPS) is 18.9. The first-order valence-electron chi connectivity index (χ1n) is 4.87. The summed E-state index contributed by atoms with van der Waals surface area (Å²) in [5.41, 5.74) is 1.03. The summed E-state index contributed by atoms with van der Waals surface area (Å²) >= 11 is 0. The molecule has 2 rings (SSSR count). The smallest absolute Gasteiger partial charge is 0.234 e. The van der Waals surface area contributed by atoms with Crippen LogP contribution in [0.1, 0.15) is 5.56 Å². The molecule has 1 atom stereocenters. The van der Waals surface area contributed by atoms with Gasteiger partial charge >= 0.3 is 0 Å². The van der Waals surface area contributed by atoms with Crippen molar-refractivity contribution >= 4 is 11.8 Å². The van der Waals surface area contributed by atoms with Gasteiger partial charge in [0.05, 0.1) is 0 Å². The van der Waals surface area contributed by atoms with Crippen LogP contribution in [0.15, 0.2) is 30.3 Å². The maximum absolute atomic E-state index is 11.4. The Bertz CT molecular complexity index is 375. The van der Waals surface area contributed by atoms with Gasteiger partial charge in [0.25, 0.3) is 0 Å². The van der Waals surface area contributed by atoms with Gasteiger partial charge in [-0.05, 0) is 5.56 Å². The lowest BCUT2D eigenvalue weighted by molar-refractivity contribution is -0.140. The van der Waals surface area contributed by atoms with Crippen molar-refractivity contribution in [1.82, 2.24) is 10.6 Å². The molecule has 0 saturated carbocycles. The molecule has 1 aliphatic heterocycles. The number of amides is 2. The maximum atomic E-state index is 11.4. The topological polar surface area (TPSA) is 58.2 Å². The minimum Gasteiger partial charge on any atom is -0.354 e. The Balaban J connectivity index is 1.83. The van der Waals surface area contributed by atoms with Gasteiger partial charge in [-0.25, -0.2) is 0 Å². The molecule has 1 aliphatic rings. The molecule has 1 unspecified atom stereocenters. The van der Waals surface area contributed by atoms with Gasteiger partial charge in [0.2, 0.25) is 11.8 Å². The van der Waals surface area contributed by atoms with Crippen molar-refractivity contribution in [3.63, 3.8) is 0 Å². The fourth-order valence-corrected chi connectivity index (χ4v) is 1.41. The van der Waals surface area contributed by atoms with Crippen molar-refractivity contribution in [2.75, 3.05) is 6.54 Å². The molecule has 0 aliphatic carbocycles. The van der Waals surface area contributed by atoms with Crippen LogP contribution in [0.5, 0.6) is 0 Å². The van der Waals surface area contributed by atoms with E-state index in [1.807, 2.05) is 30.3 Å². The zero-order valence-corrected chi connectivity index (χ0v) is 8.19. The van der Waals surface area contributed by atoms with E-state index >= 15 is 0 Å². The highest BCUT2D eigenvalue weighted by Gasteiger charge is 2.34. The van der Waals surface area contributed by atoms with Gasteiger partial charge in [-0.2, -0.15) is 0 Å². The highest BCUT2D eigenvalue weighted by Crippen LogP contribution is 2.05. The molecule has 0 spiro atoms. The Morgan fingerprint density at radius 1 is 1.40 bits per heavy atom. The van der Waals surface area contributed by atoms with E-state index in [2.05, 4.69) is 10.6 Å². The van der Waals surface area contributed by atoms with Crippen molar-refractivity contribution in [3.8, 4) is 0 Å². The summed E-state index contributed by atoms with van der Waals surface area (Å²) in [5.74, 6) is -0.864. The lowest BCUT2D eigenvalue weighted by atomic mass is 10.0. The lowest BCUT2D eigenvalue weighted by Gasteiger charge is -2.24. The summed E-state index contributed by atoms with van der Waals surface area (Å²) in [5, 5.41) is 5.27. The largest absolute Gasteiger partial charge is 0.354 e. The molecule has 1 aromatic rings. The minimum atomic E-state index is -0.492. The summed E-state index contributed by atoms with van der Waals surface area (Å²) < 4.78 is 0. The molecule has 4 nitrogen and oxygen atoms in total. The summed E-state index contributed by atoms with van der Waals surface area (Å²) in [6.45, 7) is 0.933. The Morgan fingerprint density at radius 2 is 2.13 bits per heavy atom. The van der Waals surface area contributed by atoms with Crippen LogP contribution in [-0.4, -0.2) is 18.4 Å². The first kappa shape index (κ1) is 9.71. The van der Waals surface area contributed by atoms with Crippen LogP contribution in [0, 0.1) is 5.92 Å². The van der Waals surface area contributed by atoms with Crippen LogP contribution < -0.4 is 10.6 Å². The Kier molecular flexibility index (Phi) is 2.67. The van der Waals surface area contributed by atoms with E-state index < -0.39 is 5.92 Å². The molecule has 2 N–H and O–H groups in total. The summed E-state index contributed by atoms with van der Waals surface area (Å²) in [6.07, 6.45) is 0. The monoisotopic (exact) mass is 204 g/mol. The third-order valence-corrected chi connectivity index (χ3v) is 2.42. The molecule has 1 heterocycles. The average Bonchev–Trinajstić information content (AvgIpc) is 2.26. The molecule has 1 fully saturated rings. The molecule has 0 radical (unpaired) electrons. The van der Waals surface area contributed by atoms with E-state index in [-0.39, 0.29) is 11.8 Å². The molecule has 4 heteroatoms. The number of hydrogen-bond donors (Lipinski definition) is 2. The molecule has 0 bridgehead atoms. The summed E-state index contributed by atoms with van der Waals surface area (Å²) in [4.78, 5) is 22.3. The molecule has 15 heavy (non-hydrogen) atoms. The Hall–Kier alpha value is -1.84. The van der Waals surface area contributed by atoms with Gasteiger partial charge in [-0.3, -0.25) is 9.59 Å². The maximum Gasteiger partial charge on any atom is 0.234 e. The number of β-lactam (4-membered cyclic amide) rings is 1. The predicted octanol–water partition coefficient (Wildman–Crippen LogP) is 0.0488. The predicted molar refractivity (Wildman–Crippen MR) is 54.8 cm³/mol. The molecule has 1 saturated heterocycles. The SMILES string of the molecule is O=C(NCc1ccccc1)C1CNC1=O. The van der Waals surface area contributed by atoms with E-state index in [9.17, 15) is 9.59 Å². The van der Waals surface area contributed by atoms with E-state index in [0.717, 1.165) is 5.56 Å². The zero-order valence-electron chi connectivity index (χ0n) is 8.19. The van der Waals surface area contributed by atoms with Gasteiger partial charge in [0, 0.05) is 13.1 Å². The second-order valence-corrected chi connectivity index (χ2v) is 3.50. The number of benzene rings is 1. The van der Waals surface area contributed by atoms with E-state index in [1.165, 1.54) is 0 Å². The van der Waals surface area contributed by atoms with Crippen LogP contribution in [0.2, 0.25) is 0 Å². The number of nitrogens with one attached hydrogen (secondary N) is 2. The standard InChI is InChI=1S/C11H12N2O2/c14-10(9-7-13-11(9)15)12-6-8-4-2-1-3-5-8/h1-5,9H,6-7H2,(H,12,14)(H,13,15). The zero-order chi connectivity index (χ0) is 10.7. The molecular weight excluding hydrogens is 192 g/mol. The third-order valence-electron chi connectivity index (χ3n) is 2.42. The van der Waals surface area contributed by atoms with Crippen molar-refractivity contribution in [3.05, 3.63) is 35.9 Å². The van der Waals surface area contributed by atoms with Gasteiger partial charge < -0.3 is 10.6 Å². The molecule has 2 amide bonds. The molecule has 1 aromatic carbocycles. The number of rotatable bonds is 3. The van der Waals surface area contributed by atoms with Crippen molar-refractivity contribution in [2.24, 2.45) is 5.92 Å². The van der Waals surface area contributed by atoms with Crippen molar-refractivity contribution < 1.29 is 9.59 Å². The summed E-state index contributed by atoms with van der Waals surface area (Å²) in [6, 6.07) is 9.61. The number of hydrogen-bond acceptors (Lipinski definition) is 2. The second kappa shape index (κ2) is 4.13. The van der Waals surface area contributed by atoms with Gasteiger partial charge in [0.1, 0.15) is 5.92 Å². The Morgan fingerprint density at radius 3 is 2.67 bits per heavy atom. The number of carbonyl (C=O) groups is 2. The molecule has 0 aromatic heterocycles. The van der Waals surface area contributed by atoms with Gasteiger partial charge in [0.15, 0.2) is 0 Å². The van der Waals surface area contributed by atoms with Gasteiger partial charge in [-0.15, -0.1) is 0 Å². The van der Waals surface area contributed by atoms with Crippen LogP contribution in [-0.2, 0) is 16.1 Å². The molecular formula is C11H12N2O2. The fourth-order valence-electron chi connectivity index (χ4n) is 1.41. The van der Waals surface area contributed by atoms with Crippen molar-refractivity contribution in [2.45, 2.75) is 6.54 Å². The minimum absolute atomic E-state index is 0.180. The first-order valence-corrected chi connectivity index (χ1v) is 4.87. The van der Waals surface area contributed by atoms with Crippen LogP contribution in [0.3, 0.4) is 0 Å². The third kappa shape index (κ3) is 2.15. The van der Waals surface area contributed by atoms with E-state index in [1.54, 1.807) is 0 Å². The van der Waals surface area contributed by atoms with Crippen LogP contribution in [0.25, 0.3) is 0 Å². The second-order valence-electron chi connectivity index (χ2n) is 3.50. The lowest BCUT2D eigenvalue weighted by Crippen LogP contribution is -2.55. The van der Waals surface area contributed by atoms with Gasteiger partial charge in [-0.1, -0.05) is 30.3 Å².